The van der Waals surface area contributed by atoms with Crippen LogP contribution in [0.3, 0.4) is 0 Å². The van der Waals surface area contributed by atoms with Crippen molar-refractivity contribution >= 4 is 17.9 Å². The molecule has 4 heteroatoms. The third kappa shape index (κ3) is 5.81. The van der Waals surface area contributed by atoms with E-state index in [0.29, 0.717) is 24.7 Å². The molecule has 140 valence electrons. The summed E-state index contributed by atoms with van der Waals surface area (Å²) in [5.74, 6) is -0.0221. The largest absolute Gasteiger partial charge is 0.349 e. The van der Waals surface area contributed by atoms with Crippen molar-refractivity contribution in [3.63, 3.8) is 0 Å². The SMILES string of the molecule is CCN(CCc1ccccc1)C(=O)/C=C/c1ccc(C(=O)NC2CC2)cc1. The molecule has 1 fully saturated rings. The predicted molar refractivity (Wildman–Crippen MR) is 108 cm³/mol. The first kappa shape index (κ1) is 18.9. The summed E-state index contributed by atoms with van der Waals surface area (Å²) in [5, 5.41) is 2.97. The number of carbonyl (C=O) groups excluding carboxylic acids is 2. The van der Waals surface area contributed by atoms with Crippen molar-refractivity contribution in [2.45, 2.75) is 32.2 Å². The summed E-state index contributed by atoms with van der Waals surface area (Å²) in [6.07, 6.45) is 6.41. The molecule has 0 bridgehead atoms. The smallest absolute Gasteiger partial charge is 0.251 e. The molecule has 2 aromatic carbocycles. The summed E-state index contributed by atoms with van der Waals surface area (Å²) < 4.78 is 0. The number of benzene rings is 2. The minimum absolute atomic E-state index is 0.00369. The predicted octanol–water partition coefficient (Wildman–Crippen LogP) is 3.68. The Hall–Kier alpha value is -2.88. The Morgan fingerprint density at radius 3 is 2.41 bits per heavy atom. The van der Waals surface area contributed by atoms with Gasteiger partial charge in [-0.05, 0) is 55.5 Å². The first-order valence-electron chi connectivity index (χ1n) is 9.57. The van der Waals surface area contributed by atoms with Gasteiger partial charge in [-0.1, -0.05) is 42.5 Å². The normalized spacial score (nSPS) is 13.5. The molecule has 1 N–H and O–H groups in total. The number of hydrogen-bond donors (Lipinski definition) is 1. The molecule has 1 saturated carbocycles. The van der Waals surface area contributed by atoms with Gasteiger partial charge in [0.05, 0.1) is 0 Å². The molecule has 0 unspecified atom stereocenters. The van der Waals surface area contributed by atoms with Crippen LogP contribution in [0.15, 0.2) is 60.7 Å². The van der Waals surface area contributed by atoms with Gasteiger partial charge in [-0.15, -0.1) is 0 Å². The molecule has 1 aliphatic rings. The van der Waals surface area contributed by atoms with Gasteiger partial charge in [-0.2, -0.15) is 0 Å². The van der Waals surface area contributed by atoms with Crippen molar-refractivity contribution in [2.24, 2.45) is 0 Å². The molecule has 0 radical (unpaired) electrons. The van der Waals surface area contributed by atoms with E-state index in [1.165, 1.54) is 5.56 Å². The van der Waals surface area contributed by atoms with E-state index in [0.717, 1.165) is 24.8 Å². The number of carbonyl (C=O) groups is 2. The van der Waals surface area contributed by atoms with Crippen LogP contribution in [-0.4, -0.2) is 35.8 Å². The van der Waals surface area contributed by atoms with E-state index in [1.54, 1.807) is 24.3 Å². The van der Waals surface area contributed by atoms with Gasteiger partial charge in [-0.25, -0.2) is 0 Å². The molecule has 3 rings (SSSR count). The number of likely N-dealkylation sites (N-methyl/N-ethyl adjacent to an activating group) is 1. The van der Waals surface area contributed by atoms with Crippen LogP contribution in [0.1, 0.15) is 41.3 Å². The van der Waals surface area contributed by atoms with Crippen LogP contribution in [0.25, 0.3) is 6.08 Å². The van der Waals surface area contributed by atoms with Gasteiger partial charge in [-0.3, -0.25) is 9.59 Å². The Morgan fingerprint density at radius 2 is 1.78 bits per heavy atom. The molecule has 1 aliphatic carbocycles. The maximum Gasteiger partial charge on any atom is 0.251 e. The summed E-state index contributed by atoms with van der Waals surface area (Å²) in [4.78, 5) is 26.3. The third-order valence-electron chi connectivity index (χ3n) is 4.71. The first-order chi connectivity index (χ1) is 13.2. The van der Waals surface area contributed by atoms with Crippen molar-refractivity contribution < 1.29 is 9.59 Å². The summed E-state index contributed by atoms with van der Waals surface area (Å²) in [5.41, 5.74) is 2.79. The van der Waals surface area contributed by atoms with Gasteiger partial charge in [0.2, 0.25) is 5.91 Å². The van der Waals surface area contributed by atoms with E-state index in [1.807, 2.05) is 42.2 Å². The van der Waals surface area contributed by atoms with E-state index < -0.39 is 0 Å². The van der Waals surface area contributed by atoms with Crippen molar-refractivity contribution in [3.05, 3.63) is 77.4 Å². The van der Waals surface area contributed by atoms with Crippen molar-refractivity contribution in [2.75, 3.05) is 13.1 Å². The Labute approximate surface area is 160 Å². The molecule has 4 nitrogen and oxygen atoms in total. The van der Waals surface area contributed by atoms with E-state index >= 15 is 0 Å². The van der Waals surface area contributed by atoms with Crippen LogP contribution in [-0.2, 0) is 11.2 Å². The summed E-state index contributed by atoms with van der Waals surface area (Å²) in [7, 11) is 0. The van der Waals surface area contributed by atoms with E-state index in [9.17, 15) is 9.59 Å². The zero-order valence-corrected chi connectivity index (χ0v) is 15.7. The monoisotopic (exact) mass is 362 g/mol. The minimum Gasteiger partial charge on any atom is -0.349 e. The fourth-order valence-electron chi connectivity index (χ4n) is 2.85. The highest BCUT2D eigenvalue weighted by Gasteiger charge is 2.23. The number of nitrogens with one attached hydrogen (secondary N) is 1. The molecule has 0 saturated heterocycles. The Balaban J connectivity index is 1.53. The van der Waals surface area contributed by atoms with Crippen LogP contribution in [0.5, 0.6) is 0 Å². The molecular weight excluding hydrogens is 336 g/mol. The second kappa shape index (κ2) is 9.17. The Morgan fingerprint density at radius 1 is 1.07 bits per heavy atom. The quantitative estimate of drug-likeness (QED) is 0.728. The second-order valence-corrected chi connectivity index (χ2v) is 6.86. The lowest BCUT2D eigenvalue weighted by Crippen LogP contribution is -2.31. The highest BCUT2D eigenvalue weighted by Crippen LogP contribution is 2.19. The molecule has 2 aromatic rings. The maximum absolute atomic E-state index is 12.4. The number of hydrogen-bond acceptors (Lipinski definition) is 2. The van der Waals surface area contributed by atoms with Gasteiger partial charge in [0.15, 0.2) is 0 Å². The maximum atomic E-state index is 12.4. The van der Waals surface area contributed by atoms with Gasteiger partial charge < -0.3 is 10.2 Å². The highest BCUT2D eigenvalue weighted by molar-refractivity contribution is 5.95. The fraction of sp³-hybridized carbons (Fsp3) is 0.304. The average molecular weight is 362 g/mol. The zero-order chi connectivity index (χ0) is 19.1. The standard InChI is InChI=1S/C23H26N2O2/c1-2-25(17-16-18-6-4-3-5-7-18)22(26)15-10-19-8-11-20(12-9-19)23(27)24-21-13-14-21/h3-12,15,21H,2,13-14,16-17H2,1H3,(H,24,27)/b15-10+. The lowest BCUT2D eigenvalue weighted by atomic mass is 10.1. The van der Waals surface area contributed by atoms with Crippen LogP contribution >= 0.6 is 0 Å². The molecule has 0 heterocycles. The van der Waals surface area contributed by atoms with Crippen LogP contribution in [0, 0.1) is 0 Å². The Bertz CT molecular complexity index is 793. The van der Waals surface area contributed by atoms with E-state index in [4.69, 9.17) is 0 Å². The lowest BCUT2D eigenvalue weighted by Gasteiger charge is -2.19. The van der Waals surface area contributed by atoms with Crippen molar-refractivity contribution in [1.29, 1.82) is 0 Å². The molecule has 2 amide bonds. The van der Waals surface area contributed by atoms with E-state index in [-0.39, 0.29) is 11.8 Å². The lowest BCUT2D eigenvalue weighted by molar-refractivity contribution is -0.125. The molecule has 0 aromatic heterocycles. The van der Waals surface area contributed by atoms with Crippen LogP contribution < -0.4 is 5.32 Å². The highest BCUT2D eigenvalue weighted by atomic mass is 16.2. The topological polar surface area (TPSA) is 49.4 Å². The molecule has 0 spiro atoms. The second-order valence-electron chi connectivity index (χ2n) is 6.86. The van der Waals surface area contributed by atoms with Gasteiger partial charge >= 0.3 is 0 Å². The summed E-state index contributed by atoms with van der Waals surface area (Å²) in [6.45, 7) is 3.37. The van der Waals surface area contributed by atoms with Crippen molar-refractivity contribution in [1.82, 2.24) is 10.2 Å². The molecule has 0 atom stereocenters. The van der Waals surface area contributed by atoms with Crippen LogP contribution in [0.4, 0.5) is 0 Å². The third-order valence-corrected chi connectivity index (χ3v) is 4.71. The number of rotatable bonds is 8. The van der Waals surface area contributed by atoms with E-state index in [2.05, 4.69) is 17.4 Å². The number of amides is 2. The first-order valence-corrected chi connectivity index (χ1v) is 9.57. The van der Waals surface area contributed by atoms with Gasteiger partial charge in [0, 0.05) is 30.8 Å². The van der Waals surface area contributed by atoms with Gasteiger partial charge in [0.1, 0.15) is 0 Å². The molecule has 0 aliphatic heterocycles. The fourth-order valence-corrected chi connectivity index (χ4v) is 2.85. The minimum atomic E-state index is -0.0258. The van der Waals surface area contributed by atoms with Crippen LogP contribution in [0.2, 0.25) is 0 Å². The molecular formula is C23H26N2O2. The van der Waals surface area contributed by atoms with Gasteiger partial charge in [0.25, 0.3) is 5.91 Å². The zero-order valence-electron chi connectivity index (χ0n) is 15.7. The summed E-state index contributed by atoms with van der Waals surface area (Å²) in [6, 6.07) is 17.9. The number of nitrogens with zero attached hydrogens (tertiary/aromatic N) is 1. The van der Waals surface area contributed by atoms with Crippen molar-refractivity contribution in [3.8, 4) is 0 Å². The average Bonchev–Trinajstić information content (AvgIpc) is 3.52. The Kier molecular flexibility index (Phi) is 6.42. The molecule has 27 heavy (non-hydrogen) atoms. The summed E-state index contributed by atoms with van der Waals surface area (Å²) >= 11 is 0.